The fraction of sp³-hybridized carbons (Fsp3) is 0.296. The number of carbonyl (C=O) groups is 2. The van der Waals surface area contributed by atoms with Crippen LogP contribution in [0.15, 0.2) is 53.0 Å². The zero-order valence-electron chi connectivity index (χ0n) is 20.2. The number of benzene rings is 2. The number of fused-ring (bicyclic) bond motifs is 2. The lowest BCUT2D eigenvalue weighted by molar-refractivity contribution is -0.123. The number of halogens is 1. The van der Waals surface area contributed by atoms with Crippen LogP contribution in [0.5, 0.6) is 0 Å². The number of aromatic nitrogens is 3. The lowest BCUT2D eigenvalue weighted by atomic mass is 9.82. The normalized spacial score (nSPS) is 17.6. The minimum absolute atomic E-state index is 0.0476. The first-order valence-electron chi connectivity index (χ1n) is 11.7. The number of hydrogen-bond donors (Lipinski definition) is 2. The van der Waals surface area contributed by atoms with Gasteiger partial charge in [0.1, 0.15) is 0 Å². The number of anilines is 1. The van der Waals surface area contributed by atoms with Gasteiger partial charge in [-0.3, -0.25) is 14.3 Å². The third-order valence-corrected chi connectivity index (χ3v) is 8.11. The molecule has 2 unspecified atom stereocenters. The van der Waals surface area contributed by atoms with Crippen LogP contribution in [0.3, 0.4) is 0 Å². The Morgan fingerprint density at radius 2 is 1.91 bits per heavy atom. The van der Waals surface area contributed by atoms with E-state index in [-0.39, 0.29) is 23.7 Å². The molecule has 0 aliphatic carbocycles. The van der Waals surface area contributed by atoms with Gasteiger partial charge >= 0.3 is 0 Å². The summed E-state index contributed by atoms with van der Waals surface area (Å²) in [6.07, 6.45) is 0. The molecule has 4 aromatic rings. The average Bonchev–Trinajstić information content (AvgIpc) is 3.38. The van der Waals surface area contributed by atoms with Gasteiger partial charge in [0.15, 0.2) is 0 Å². The predicted molar refractivity (Wildman–Crippen MR) is 140 cm³/mol. The molecule has 0 fully saturated rings. The minimum Gasteiger partial charge on any atom is -0.357 e. The van der Waals surface area contributed by atoms with Crippen molar-refractivity contribution in [3.05, 3.63) is 81.2 Å². The van der Waals surface area contributed by atoms with Crippen LogP contribution in [0.25, 0.3) is 10.9 Å². The minimum atomic E-state index is -0.178. The summed E-state index contributed by atoms with van der Waals surface area (Å²) in [5.74, 6) is -0.222. The zero-order chi connectivity index (χ0) is 24.9. The van der Waals surface area contributed by atoms with Crippen molar-refractivity contribution in [2.24, 2.45) is 13.0 Å². The van der Waals surface area contributed by atoms with Crippen molar-refractivity contribution in [2.75, 3.05) is 4.90 Å². The zero-order valence-corrected chi connectivity index (χ0v) is 21.8. The SMILES string of the molecule is Cc1nn(C)c(CN2C(=O)C(C)C(C)c3ccc(C(=O)NCc4cc5ccccc5[nH]4)cc32)c1Br. The fourth-order valence-corrected chi connectivity index (χ4v) is 5.28. The standard InChI is InChI=1S/C27H28BrN5O2/c1-15-16(2)27(35)33(14-24-25(28)17(3)31-32(24)4)23-12-19(9-10-21(15)23)26(34)29-13-20-11-18-7-5-6-8-22(18)30-20/h5-12,15-16,30H,13-14H2,1-4H3,(H,29,34). The summed E-state index contributed by atoms with van der Waals surface area (Å²) in [7, 11) is 1.88. The van der Waals surface area contributed by atoms with E-state index in [9.17, 15) is 9.59 Å². The van der Waals surface area contributed by atoms with Crippen molar-refractivity contribution in [3.8, 4) is 0 Å². The molecule has 3 heterocycles. The van der Waals surface area contributed by atoms with E-state index < -0.39 is 0 Å². The summed E-state index contributed by atoms with van der Waals surface area (Å²) in [5.41, 5.74) is 6.15. The summed E-state index contributed by atoms with van der Waals surface area (Å²) < 4.78 is 2.69. The molecule has 2 aromatic heterocycles. The Morgan fingerprint density at radius 3 is 2.63 bits per heavy atom. The van der Waals surface area contributed by atoms with Gasteiger partial charge in [0, 0.05) is 35.4 Å². The van der Waals surface area contributed by atoms with E-state index in [1.165, 1.54) is 0 Å². The first-order valence-corrected chi connectivity index (χ1v) is 12.5. The molecule has 1 aliphatic heterocycles. The van der Waals surface area contributed by atoms with Crippen LogP contribution in [0.2, 0.25) is 0 Å². The maximum Gasteiger partial charge on any atom is 0.251 e. The van der Waals surface area contributed by atoms with Crippen LogP contribution in [-0.4, -0.2) is 26.6 Å². The predicted octanol–water partition coefficient (Wildman–Crippen LogP) is 5.19. The lowest BCUT2D eigenvalue weighted by Gasteiger charge is -2.37. The first-order chi connectivity index (χ1) is 16.7. The average molecular weight is 534 g/mol. The number of H-pyrrole nitrogens is 1. The lowest BCUT2D eigenvalue weighted by Crippen LogP contribution is -2.42. The highest BCUT2D eigenvalue weighted by Gasteiger charge is 2.36. The molecule has 1 aliphatic rings. The van der Waals surface area contributed by atoms with Gasteiger partial charge in [0.2, 0.25) is 5.91 Å². The third-order valence-electron chi connectivity index (χ3n) is 7.07. The van der Waals surface area contributed by atoms with Gasteiger partial charge in [0.05, 0.1) is 29.0 Å². The van der Waals surface area contributed by atoms with E-state index in [0.717, 1.165) is 43.7 Å². The maximum absolute atomic E-state index is 13.4. The molecule has 2 atom stereocenters. The van der Waals surface area contributed by atoms with Crippen LogP contribution in [0.1, 0.15) is 52.8 Å². The number of amides is 2. The monoisotopic (exact) mass is 533 g/mol. The van der Waals surface area contributed by atoms with Gasteiger partial charge in [-0.1, -0.05) is 38.1 Å². The van der Waals surface area contributed by atoms with E-state index in [2.05, 4.69) is 38.3 Å². The second-order valence-corrected chi connectivity index (χ2v) is 10.1. The quantitative estimate of drug-likeness (QED) is 0.370. The summed E-state index contributed by atoms with van der Waals surface area (Å²) >= 11 is 3.62. The molecule has 5 rings (SSSR count). The van der Waals surface area contributed by atoms with Crippen LogP contribution in [-0.2, 0) is 24.9 Å². The molecule has 7 nitrogen and oxygen atoms in total. The number of nitrogens with zero attached hydrogens (tertiary/aromatic N) is 3. The van der Waals surface area contributed by atoms with E-state index in [0.29, 0.717) is 18.7 Å². The second-order valence-electron chi connectivity index (χ2n) is 9.31. The van der Waals surface area contributed by atoms with Crippen molar-refractivity contribution < 1.29 is 9.59 Å². The Bertz CT molecular complexity index is 1420. The Morgan fingerprint density at radius 1 is 1.14 bits per heavy atom. The number of nitrogens with one attached hydrogen (secondary N) is 2. The van der Waals surface area contributed by atoms with Crippen molar-refractivity contribution in [1.29, 1.82) is 0 Å². The first kappa shape index (κ1) is 23.4. The molecule has 0 bridgehead atoms. The molecule has 2 aromatic carbocycles. The van der Waals surface area contributed by atoms with Crippen LogP contribution in [0, 0.1) is 12.8 Å². The molecule has 0 saturated heterocycles. The van der Waals surface area contributed by atoms with Crippen molar-refractivity contribution >= 4 is 44.3 Å². The summed E-state index contributed by atoms with van der Waals surface area (Å²) in [6, 6.07) is 15.7. The Balaban J connectivity index is 1.43. The number of carbonyl (C=O) groups excluding carboxylic acids is 2. The number of para-hydroxylation sites is 1. The molecule has 35 heavy (non-hydrogen) atoms. The number of hydrogen-bond acceptors (Lipinski definition) is 3. The maximum atomic E-state index is 13.4. The second kappa shape index (κ2) is 9.00. The Kier molecular flexibility index (Phi) is 6.01. The van der Waals surface area contributed by atoms with E-state index in [4.69, 9.17) is 0 Å². The van der Waals surface area contributed by atoms with Gasteiger partial charge < -0.3 is 15.2 Å². The molecule has 0 radical (unpaired) electrons. The summed E-state index contributed by atoms with van der Waals surface area (Å²) in [6.45, 7) is 6.73. The van der Waals surface area contributed by atoms with Crippen molar-refractivity contribution in [3.63, 3.8) is 0 Å². The molecule has 0 saturated carbocycles. The topological polar surface area (TPSA) is 83.0 Å². The summed E-state index contributed by atoms with van der Waals surface area (Å²) in [5, 5.41) is 8.59. The third kappa shape index (κ3) is 4.16. The molecular weight excluding hydrogens is 506 g/mol. The molecule has 2 N–H and O–H groups in total. The Hall–Kier alpha value is -3.39. The van der Waals surface area contributed by atoms with Gasteiger partial charge in [-0.2, -0.15) is 5.10 Å². The number of rotatable bonds is 5. The highest BCUT2D eigenvalue weighted by Crippen LogP contribution is 2.41. The highest BCUT2D eigenvalue weighted by molar-refractivity contribution is 9.10. The van der Waals surface area contributed by atoms with Gasteiger partial charge in [-0.05, 0) is 64.0 Å². The van der Waals surface area contributed by atoms with Gasteiger partial charge in [-0.25, -0.2) is 0 Å². The number of aryl methyl sites for hydroxylation is 2. The number of aromatic amines is 1. The van der Waals surface area contributed by atoms with Crippen molar-refractivity contribution in [1.82, 2.24) is 20.1 Å². The van der Waals surface area contributed by atoms with Gasteiger partial charge in [0.25, 0.3) is 5.91 Å². The van der Waals surface area contributed by atoms with E-state index in [1.807, 2.05) is 69.4 Å². The molecule has 2 amide bonds. The van der Waals surface area contributed by atoms with E-state index in [1.54, 1.807) is 9.58 Å². The summed E-state index contributed by atoms with van der Waals surface area (Å²) in [4.78, 5) is 31.6. The van der Waals surface area contributed by atoms with Crippen LogP contribution >= 0.6 is 15.9 Å². The highest BCUT2D eigenvalue weighted by atomic mass is 79.9. The Labute approximate surface area is 212 Å². The van der Waals surface area contributed by atoms with Crippen LogP contribution in [0.4, 0.5) is 5.69 Å². The largest absolute Gasteiger partial charge is 0.357 e. The fourth-order valence-electron chi connectivity index (χ4n) is 4.82. The van der Waals surface area contributed by atoms with Gasteiger partial charge in [-0.15, -0.1) is 0 Å². The van der Waals surface area contributed by atoms with Crippen molar-refractivity contribution in [2.45, 2.75) is 39.8 Å². The molecule has 180 valence electrons. The smallest absolute Gasteiger partial charge is 0.251 e. The molecule has 8 heteroatoms. The van der Waals surface area contributed by atoms with E-state index >= 15 is 0 Å². The van der Waals surface area contributed by atoms with Crippen LogP contribution < -0.4 is 10.2 Å². The molecule has 0 spiro atoms. The molecular formula is C27H28BrN5O2.